The van der Waals surface area contributed by atoms with E-state index in [1.807, 2.05) is 16.8 Å². The zero-order valence-corrected chi connectivity index (χ0v) is 18.0. The zero-order chi connectivity index (χ0) is 19.0. The Balaban J connectivity index is 1.66. The maximum Gasteiger partial charge on any atom is 0.199 e. The topological polar surface area (TPSA) is 26.0 Å². The fourth-order valence-electron chi connectivity index (χ4n) is 4.76. The van der Waals surface area contributed by atoms with Crippen LogP contribution >= 0.6 is 35.4 Å². The molecule has 1 aliphatic heterocycles. The van der Waals surface area contributed by atoms with Crippen molar-refractivity contribution < 1.29 is 0 Å². The molecule has 2 aromatic rings. The fourth-order valence-corrected chi connectivity index (χ4v) is 5.57. The molecule has 1 aliphatic carbocycles. The van der Waals surface area contributed by atoms with Crippen LogP contribution in [0, 0.1) is 10.7 Å². The molecular weight excluding hydrogens is 399 g/mol. The minimum Gasteiger partial charge on any atom is -0.300 e. The smallest absolute Gasteiger partial charge is 0.199 e. The van der Waals surface area contributed by atoms with Crippen molar-refractivity contribution in [2.24, 2.45) is 5.92 Å². The van der Waals surface area contributed by atoms with Crippen molar-refractivity contribution in [2.45, 2.75) is 64.7 Å². The molecule has 1 aromatic heterocycles. The van der Waals surface area contributed by atoms with Gasteiger partial charge in [0.05, 0.1) is 11.7 Å². The Bertz CT molecular complexity index is 873. The highest BCUT2D eigenvalue weighted by Gasteiger charge is 2.33. The SMILES string of the molecule is CCn1c(-c2ccc(Cl)cc2Cl)nn(CN2CCC[C@H]3CCCC[C@H]32)c1=S. The van der Waals surface area contributed by atoms with Gasteiger partial charge in [-0.15, -0.1) is 0 Å². The van der Waals surface area contributed by atoms with Gasteiger partial charge in [-0.05, 0) is 68.9 Å². The maximum atomic E-state index is 6.45. The van der Waals surface area contributed by atoms with Gasteiger partial charge < -0.3 is 4.57 Å². The Morgan fingerprint density at radius 2 is 1.93 bits per heavy atom. The Kier molecular flexibility index (Phi) is 5.93. The van der Waals surface area contributed by atoms with E-state index in [4.69, 9.17) is 40.5 Å². The summed E-state index contributed by atoms with van der Waals surface area (Å²) in [4.78, 5) is 2.60. The van der Waals surface area contributed by atoms with E-state index in [9.17, 15) is 0 Å². The quantitative estimate of drug-likeness (QED) is 0.561. The van der Waals surface area contributed by atoms with Gasteiger partial charge in [-0.1, -0.05) is 36.0 Å². The second-order valence-corrected chi connectivity index (χ2v) is 8.89. The second kappa shape index (κ2) is 8.24. The molecule has 2 aliphatic rings. The molecule has 1 aromatic carbocycles. The van der Waals surface area contributed by atoms with Crippen LogP contribution in [0.4, 0.5) is 0 Å². The standard InChI is InChI=1S/C20H26Cl2N4S/c1-2-25-19(16-10-9-15(21)12-17(16)22)23-26(20(25)27)13-24-11-5-7-14-6-3-4-8-18(14)24/h9-10,12,14,18H,2-8,11,13H2,1H3/t14-,18-/m1/s1. The molecule has 146 valence electrons. The third-order valence-electron chi connectivity index (χ3n) is 6.08. The number of benzene rings is 1. The first-order valence-corrected chi connectivity index (χ1v) is 11.1. The molecule has 4 rings (SSSR count). The maximum absolute atomic E-state index is 6.45. The predicted octanol–water partition coefficient (Wildman–Crippen LogP) is 6.02. The summed E-state index contributed by atoms with van der Waals surface area (Å²) in [6.07, 6.45) is 8.07. The van der Waals surface area contributed by atoms with Gasteiger partial charge >= 0.3 is 0 Å². The fraction of sp³-hybridized carbons (Fsp3) is 0.600. The van der Waals surface area contributed by atoms with Crippen molar-refractivity contribution in [3.05, 3.63) is 33.0 Å². The Morgan fingerprint density at radius 3 is 2.70 bits per heavy atom. The lowest BCUT2D eigenvalue weighted by atomic mass is 9.78. The molecule has 4 nitrogen and oxygen atoms in total. The third-order valence-corrected chi connectivity index (χ3v) is 7.06. The van der Waals surface area contributed by atoms with E-state index >= 15 is 0 Å². The molecular formula is C20H26Cl2N4S. The van der Waals surface area contributed by atoms with E-state index in [2.05, 4.69) is 16.4 Å². The first-order valence-electron chi connectivity index (χ1n) is 9.95. The van der Waals surface area contributed by atoms with Gasteiger partial charge in [-0.3, -0.25) is 4.90 Å². The lowest BCUT2D eigenvalue weighted by molar-refractivity contribution is 0.0323. The molecule has 0 amide bonds. The highest BCUT2D eigenvalue weighted by molar-refractivity contribution is 7.71. The van der Waals surface area contributed by atoms with Crippen LogP contribution in [0.5, 0.6) is 0 Å². The van der Waals surface area contributed by atoms with Crippen LogP contribution in [0.3, 0.4) is 0 Å². The van der Waals surface area contributed by atoms with Crippen LogP contribution in [0.1, 0.15) is 45.4 Å². The highest BCUT2D eigenvalue weighted by Crippen LogP contribution is 2.36. The first-order chi connectivity index (χ1) is 13.1. The number of likely N-dealkylation sites (tertiary alicyclic amines) is 1. The summed E-state index contributed by atoms with van der Waals surface area (Å²) in [5, 5.41) is 6.11. The summed E-state index contributed by atoms with van der Waals surface area (Å²) in [5.74, 6) is 1.67. The average molecular weight is 425 g/mol. The zero-order valence-electron chi connectivity index (χ0n) is 15.7. The molecule has 1 saturated carbocycles. The van der Waals surface area contributed by atoms with Gasteiger partial charge in [-0.25, -0.2) is 4.68 Å². The number of piperidine rings is 1. The van der Waals surface area contributed by atoms with Crippen molar-refractivity contribution in [1.29, 1.82) is 0 Å². The molecule has 1 saturated heterocycles. The van der Waals surface area contributed by atoms with E-state index in [-0.39, 0.29) is 0 Å². The van der Waals surface area contributed by atoms with Gasteiger partial charge in [0.25, 0.3) is 0 Å². The number of hydrogen-bond donors (Lipinski definition) is 0. The molecule has 27 heavy (non-hydrogen) atoms. The summed E-state index contributed by atoms with van der Waals surface area (Å²) in [6, 6.07) is 6.22. The van der Waals surface area contributed by atoms with Gasteiger partial charge in [-0.2, -0.15) is 5.10 Å². The van der Waals surface area contributed by atoms with Gasteiger partial charge in [0.2, 0.25) is 0 Å². The Labute approximate surface area is 176 Å². The Hall–Kier alpha value is -0.880. The molecule has 2 heterocycles. The van der Waals surface area contributed by atoms with Crippen LogP contribution in [-0.4, -0.2) is 31.8 Å². The van der Waals surface area contributed by atoms with Crippen LogP contribution in [0.15, 0.2) is 18.2 Å². The lowest BCUT2D eigenvalue weighted by Gasteiger charge is -2.43. The summed E-state index contributed by atoms with van der Waals surface area (Å²) < 4.78 is 4.81. The van der Waals surface area contributed by atoms with E-state index in [0.717, 1.165) is 41.8 Å². The van der Waals surface area contributed by atoms with Crippen LogP contribution in [0.2, 0.25) is 10.0 Å². The summed E-state index contributed by atoms with van der Waals surface area (Å²) in [5.41, 5.74) is 0.877. The molecule has 0 spiro atoms. The largest absolute Gasteiger partial charge is 0.300 e. The van der Waals surface area contributed by atoms with Gasteiger partial charge in [0, 0.05) is 29.7 Å². The van der Waals surface area contributed by atoms with E-state index in [0.29, 0.717) is 16.1 Å². The lowest BCUT2D eigenvalue weighted by Crippen LogP contribution is -2.47. The number of rotatable bonds is 4. The van der Waals surface area contributed by atoms with Crippen LogP contribution in [0.25, 0.3) is 11.4 Å². The van der Waals surface area contributed by atoms with E-state index in [1.54, 1.807) is 6.07 Å². The highest BCUT2D eigenvalue weighted by atomic mass is 35.5. The monoisotopic (exact) mass is 424 g/mol. The molecule has 0 radical (unpaired) electrons. The number of halogens is 2. The van der Waals surface area contributed by atoms with Crippen LogP contribution < -0.4 is 0 Å². The van der Waals surface area contributed by atoms with Crippen LogP contribution in [-0.2, 0) is 13.2 Å². The molecule has 2 atom stereocenters. The molecule has 0 unspecified atom stereocenters. The molecule has 0 N–H and O–H groups in total. The van der Waals surface area contributed by atoms with E-state index < -0.39 is 0 Å². The summed E-state index contributed by atoms with van der Waals surface area (Å²) >= 11 is 18.3. The molecule has 7 heteroatoms. The number of hydrogen-bond acceptors (Lipinski definition) is 3. The normalized spacial score (nSPS) is 23.4. The molecule has 2 fully saturated rings. The second-order valence-electron chi connectivity index (χ2n) is 7.68. The first kappa shape index (κ1) is 19.4. The number of fused-ring (bicyclic) bond motifs is 1. The van der Waals surface area contributed by atoms with Crippen molar-refractivity contribution in [3.63, 3.8) is 0 Å². The summed E-state index contributed by atoms with van der Waals surface area (Å²) in [7, 11) is 0. The van der Waals surface area contributed by atoms with Crippen molar-refractivity contribution >= 4 is 35.4 Å². The van der Waals surface area contributed by atoms with Crippen molar-refractivity contribution in [1.82, 2.24) is 19.2 Å². The number of aromatic nitrogens is 3. The van der Waals surface area contributed by atoms with E-state index in [1.165, 1.54) is 38.5 Å². The average Bonchev–Trinajstić information content (AvgIpc) is 2.97. The van der Waals surface area contributed by atoms with Crippen molar-refractivity contribution in [3.8, 4) is 11.4 Å². The van der Waals surface area contributed by atoms with Gasteiger partial charge in [0.1, 0.15) is 0 Å². The van der Waals surface area contributed by atoms with Crippen molar-refractivity contribution in [2.75, 3.05) is 6.54 Å². The number of nitrogens with zero attached hydrogens (tertiary/aromatic N) is 4. The van der Waals surface area contributed by atoms with Gasteiger partial charge in [0.15, 0.2) is 10.6 Å². The summed E-state index contributed by atoms with van der Waals surface area (Å²) in [6.45, 7) is 4.76. The Morgan fingerprint density at radius 1 is 1.15 bits per heavy atom. The minimum absolute atomic E-state index is 0.606. The molecule has 0 bridgehead atoms. The third kappa shape index (κ3) is 3.84. The minimum atomic E-state index is 0.606. The predicted molar refractivity (Wildman–Crippen MR) is 114 cm³/mol.